The Bertz CT molecular complexity index is 52.9. The molecule has 0 rings (SSSR count). The summed E-state index contributed by atoms with van der Waals surface area (Å²) in [5.41, 5.74) is 0. The van der Waals surface area contributed by atoms with E-state index in [0.29, 0.717) is 13.2 Å². The van der Waals surface area contributed by atoms with Crippen molar-refractivity contribution in [3.8, 4) is 0 Å². The molecule has 0 aromatic rings. The Hall–Kier alpha value is -0.0800. The maximum absolute atomic E-state index is 5.11. The lowest BCUT2D eigenvalue weighted by atomic mass is 10.5. The standard InChI is InChI=1S/C7H15O2/c1-4-8-5-6-9-7(2)3/h7H,2,4-6H2,1,3H3. The van der Waals surface area contributed by atoms with Gasteiger partial charge in [0.15, 0.2) is 0 Å². The van der Waals surface area contributed by atoms with Crippen molar-refractivity contribution in [1.29, 1.82) is 0 Å². The molecular weight excluding hydrogens is 116 g/mol. The summed E-state index contributed by atoms with van der Waals surface area (Å²) < 4.78 is 10.1. The molecule has 0 amide bonds. The largest absolute Gasteiger partial charge is 0.379 e. The topological polar surface area (TPSA) is 18.5 Å². The molecule has 1 radical (unpaired) electrons. The normalized spacial score (nSPS) is 10.7. The van der Waals surface area contributed by atoms with Gasteiger partial charge in [-0.15, -0.1) is 0 Å². The molecule has 0 aromatic carbocycles. The lowest BCUT2D eigenvalue weighted by molar-refractivity contribution is 0.0326. The molecule has 0 aliphatic rings. The molecule has 1 unspecified atom stereocenters. The highest BCUT2D eigenvalue weighted by Gasteiger charge is 1.90. The molecule has 1 atom stereocenters. The zero-order chi connectivity index (χ0) is 7.11. The van der Waals surface area contributed by atoms with Gasteiger partial charge in [0, 0.05) is 6.61 Å². The molecular formula is C7H15O2. The quantitative estimate of drug-likeness (QED) is 0.523. The van der Waals surface area contributed by atoms with E-state index in [4.69, 9.17) is 9.47 Å². The highest BCUT2D eigenvalue weighted by Crippen LogP contribution is 1.85. The SMILES string of the molecule is [CH2]C(C)OCCOCC. The smallest absolute Gasteiger partial charge is 0.0704 e. The number of hydrogen-bond donors (Lipinski definition) is 0. The van der Waals surface area contributed by atoms with Crippen LogP contribution in [0.4, 0.5) is 0 Å². The molecule has 9 heavy (non-hydrogen) atoms. The van der Waals surface area contributed by atoms with Gasteiger partial charge in [-0.05, 0) is 20.8 Å². The van der Waals surface area contributed by atoms with Crippen LogP contribution in [0.15, 0.2) is 0 Å². The molecule has 0 spiro atoms. The van der Waals surface area contributed by atoms with E-state index in [-0.39, 0.29) is 6.10 Å². The Morgan fingerprint density at radius 2 is 2.11 bits per heavy atom. The van der Waals surface area contributed by atoms with Crippen LogP contribution < -0.4 is 0 Å². The predicted molar refractivity (Wildman–Crippen MR) is 37.3 cm³/mol. The molecule has 0 saturated heterocycles. The molecule has 0 bridgehead atoms. The van der Waals surface area contributed by atoms with Crippen LogP contribution in [0.5, 0.6) is 0 Å². The molecule has 0 aliphatic heterocycles. The second kappa shape index (κ2) is 6.05. The molecule has 0 fully saturated rings. The summed E-state index contributed by atoms with van der Waals surface area (Å²) in [6, 6.07) is 0. The fourth-order valence-corrected chi connectivity index (χ4v) is 0.453. The average Bonchev–Trinajstić information content (AvgIpc) is 1.80. The second-order valence-electron chi connectivity index (χ2n) is 1.88. The second-order valence-corrected chi connectivity index (χ2v) is 1.88. The highest BCUT2D eigenvalue weighted by molar-refractivity contribution is 4.48. The van der Waals surface area contributed by atoms with E-state index in [2.05, 4.69) is 6.92 Å². The van der Waals surface area contributed by atoms with Crippen molar-refractivity contribution in [2.75, 3.05) is 19.8 Å². The van der Waals surface area contributed by atoms with Gasteiger partial charge in [-0.1, -0.05) is 0 Å². The van der Waals surface area contributed by atoms with Crippen LogP contribution in [0.1, 0.15) is 13.8 Å². The van der Waals surface area contributed by atoms with Crippen molar-refractivity contribution in [1.82, 2.24) is 0 Å². The fraction of sp³-hybridized carbons (Fsp3) is 0.857. The van der Waals surface area contributed by atoms with Crippen LogP contribution in [0.3, 0.4) is 0 Å². The summed E-state index contributed by atoms with van der Waals surface area (Å²) in [4.78, 5) is 0. The van der Waals surface area contributed by atoms with Gasteiger partial charge in [0.1, 0.15) is 0 Å². The van der Waals surface area contributed by atoms with Gasteiger partial charge < -0.3 is 9.47 Å². The van der Waals surface area contributed by atoms with Crippen molar-refractivity contribution in [2.24, 2.45) is 0 Å². The van der Waals surface area contributed by atoms with Gasteiger partial charge in [0.05, 0.1) is 19.3 Å². The van der Waals surface area contributed by atoms with Gasteiger partial charge in [0.25, 0.3) is 0 Å². The Labute approximate surface area is 57.2 Å². The first kappa shape index (κ1) is 8.92. The van der Waals surface area contributed by atoms with Crippen molar-refractivity contribution in [3.05, 3.63) is 6.92 Å². The minimum absolute atomic E-state index is 0.0745. The monoisotopic (exact) mass is 131 g/mol. The van der Waals surface area contributed by atoms with Gasteiger partial charge in [0.2, 0.25) is 0 Å². The molecule has 55 valence electrons. The summed E-state index contributed by atoms with van der Waals surface area (Å²) in [6.07, 6.45) is 0.0745. The molecule has 0 heterocycles. The van der Waals surface area contributed by atoms with Crippen molar-refractivity contribution >= 4 is 0 Å². The summed E-state index contributed by atoms with van der Waals surface area (Å²) in [7, 11) is 0. The van der Waals surface area contributed by atoms with Gasteiger partial charge in [-0.3, -0.25) is 0 Å². The van der Waals surface area contributed by atoms with Crippen LogP contribution in [0.25, 0.3) is 0 Å². The first-order valence-corrected chi connectivity index (χ1v) is 3.29. The van der Waals surface area contributed by atoms with Crippen molar-refractivity contribution < 1.29 is 9.47 Å². The Balaban J connectivity index is 2.75. The van der Waals surface area contributed by atoms with E-state index in [0.717, 1.165) is 6.61 Å². The fourth-order valence-electron chi connectivity index (χ4n) is 0.453. The van der Waals surface area contributed by atoms with E-state index in [1.165, 1.54) is 0 Å². The molecule has 2 heteroatoms. The Morgan fingerprint density at radius 1 is 1.44 bits per heavy atom. The molecule has 0 aliphatic carbocycles. The van der Waals surface area contributed by atoms with Crippen LogP contribution in [-0.4, -0.2) is 25.9 Å². The van der Waals surface area contributed by atoms with Crippen molar-refractivity contribution in [2.45, 2.75) is 20.0 Å². The van der Waals surface area contributed by atoms with E-state index in [1.54, 1.807) is 0 Å². The lowest BCUT2D eigenvalue weighted by Gasteiger charge is -2.05. The maximum atomic E-state index is 5.11. The summed E-state index contributed by atoms with van der Waals surface area (Å²) in [6.45, 7) is 9.62. The maximum Gasteiger partial charge on any atom is 0.0704 e. The zero-order valence-electron chi connectivity index (χ0n) is 6.22. The first-order valence-electron chi connectivity index (χ1n) is 3.29. The van der Waals surface area contributed by atoms with E-state index in [9.17, 15) is 0 Å². The predicted octanol–water partition coefficient (Wildman–Crippen LogP) is 1.26. The van der Waals surface area contributed by atoms with Gasteiger partial charge >= 0.3 is 0 Å². The molecule has 0 saturated carbocycles. The third-order valence-electron chi connectivity index (χ3n) is 0.834. The minimum Gasteiger partial charge on any atom is -0.379 e. The van der Waals surface area contributed by atoms with Crippen LogP contribution in [0, 0.1) is 6.92 Å². The van der Waals surface area contributed by atoms with Crippen LogP contribution in [-0.2, 0) is 9.47 Å². The zero-order valence-corrected chi connectivity index (χ0v) is 6.22. The van der Waals surface area contributed by atoms with Gasteiger partial charge in [-0.2, -0.15) is 0 Å². The molecule has 2 nitrogen and oxygen atoms in total. The van der Waals surface area contributed by atoms with Crippen LogP contribution in [0.2, 0.25) is 0 Å². The first-order chi connectivity index (χ1) is 4.27. The summed E-state index contributed by atoms with van der Waals surface area (Å²) in [5, 5.41) is 0. The number of rotatable bonds is 5. The molecule has 0 aromatic heterocycles. The third kappa shape index (κ3) is 7.92. The number of ether oxygens (including phenoxy) is 2. The lowest BCUT2D eigenvalue weighted by Crippen LogP contribution is -2.09. The highest BCUT2D eigenvalue weighted by atomic mass is 16.5. The van der Waals surface area contributed by atoms with Crippen LogP contribution >= 0.6 is 0 Å². The van der Waals surface area contributed by atoms with Gasteiger partial charge in [-0.25, -0.2) is 0 Å². The van der Waals surface area contributed by atoms with E-state index in [1.807, 2.05) is 13.8 Å². The minimum atomic E-state index is 0.0745. The third-order valence-corrected chi connectivity index (χ3v) is 0.834. The molecule has 0 N–H and O–H groups in total. The van der Waals surface area contributed by atoms with E-state index < -0.39 is 0 Å². The summed E-state index contributed by atoms with van der Waals surface area (Å²) >= 11 is 0. The van der Waals surface area contributed by atoms with Crippen molar-refractivity contribution in [3.63, 3.8) is 0 Å². The number of hydrogen-bond acceptors (Lipinski definition) is 2. The Morgan fingerprint density at radius 3 is 2.56 bits per heavy atom. The average molecular weight is 131 g/mol. The Kier molecular flexibility index (Phi) is 5.99. The summed E-state index contributed by atoms with van der Waals surface area (Å²) in [5.74, 6) is 0. The van der Waals surface area contributed by atoms with E-state index >= 15 is 0 Å².